The normalized spacial score (nSPS) is 10.6. The van der Waals surface area contributed by atoms with Crippen LogP contribution in [0.1, 0.15) is 23.1 Å². The largest absolute Gasteiger partial charge is 0.306 e. The number of hydrogen-bond donors (Lipinski definition) is 1. The number of benzene rings is 1. The Kier molecular flexibility index (Phi) is 3.97. The Hall–Kier alpha value is -2.54. The third-order valence-electron chi connectivity index (χ3n) is 3.22. The van der Waals surface area contributed by atoms with E-state index in [1.54, 1.807) is 12.5 Å². The first-order chi connectivity index (χ1) is 10.6. The van der Waals surface area contributed by atoms with Gasteiger partial charge in [-0.15, -0.1) is 10.2 Å². The number of nitrogens with zero attached hydrogens (tertiary/aromatic N) is 4. The lowest BCUT2D eigenvalue weighted by Gasteiger charge is -2.07. The lowest BCUT2D eigenvalue weighted by atomic mass is 10.1. The number of aryl methyl sites for hydroxylation is 1. The molecule has 112 valence electrons. The molecule has 0 unspecified atom stereocenters. The van der Waals surface area contributed by atoms with Crippen LogP contribution >= 0.6 is 11.3 Å². The predicted molar refractivity (Wildman–Crippen MR) is 85.3 cm³/mol. The zero-order valence-corrected chi connectivity index (χ0v) is 13.1. The van der Waals surface area contributed by atoms with E-state index in [4.69, 9.17) is 0 Å². The zero-order valence-electron chi connectivity index (χ0n) is 12.3. The summed E-state index contributed by atoms with van der Waals surface area (Å²) in [6.45, 7) is 3.53. The van der Waals surface area contributed by atoms with Gasteiger partial charge in [0, 0.05) is 31.4 Å². The van der Waals surface area contributed by atoms with Crippen molar-refractivity contribution in [2.75, 3.05) is 5.32 Å². The summed E-state index contributed by atoms with van der Waals surface area (Å²) in [6, 6.07) is 6.26. The smallest absolute Gasteiger partial charge is 0.223 e. The van der Waals surface area contributed by atoms with Crippen molar-refractivity contribution in [1.29, 1.82) is 0 Å². The van der Waals surface area contributed by atoms with Gasteiger partial charge in [-0.25, -0.2) is 4.98 Å². The van der Waals surface area contributed by atoms with Crippen molar-refractivity contribution in [3.05, 3.63) is 53.1 Å². The van der Waals surface area contributed by atoms with Gasteiger partial charge in [-0.2, -0.15) is 0 Å². The van der Waals surface area contributed by atoms with Crippen LogP contribution in [-0.2, 0) is 11.2 Å². The summed E-state index contributed by atoms with van der Waals surface area (Å²) in [4.78, 5) is 15.1. The summed E-state index contributed by atoms with van der Waals surface area (Å²) in [5.74, 6) is -0.136. The fourth-order valence-electron chi connectivity index (χ4n) is 2.14. The van der Waals surface area contributed by atoms with Crippen LogP contribution in [0.3, 0.4) is 0 Å². The molecule has 0 saturated heterocycles. The molecule has 0 aliphatic rings. The Morgan fingerprint density at radius 1 is 1.36 bits per heavy atom. The van der Waals surface area contributed by atoms with E-state index in [-0.39, 0.29) is 5.91 Å². The molecule has 3 aromatic rings. The summed E-state index contributed by atoms with van der Waals surface area (Å²) < 4.78 is 1.97. The van der Waals surface area contributed by atoms with E-state index < -0.39 is 0 Å². The fraction of sp³-hybridized carbons (Fsp3) is 0.200. The maximum absolute atomic E-state index is 11.0. The molecule has 2 aromatic heterocycles. The molecular formula is C15H15N5OS. The number of rotatable bonds is 4. The maximum Gasteiger partial charge on any atom is 0.223 e. The number of nitrogens with one attached hydrogen (secondary N) is 1. The summed E-state index contributed by atoms with van der Waals surface area (Å²) >= 11 is 1.40. The molecule has 0 radical (unpaired) electrons. The van der Waals surface area contributed by atoms with E-state index in [2.05, 4.69) is 45.6 Å². The fourth-order valence-corrected chi connectivity index (χ4v) is 2.95. The van der Waals surface area contributed by atoms with Gasteiger partial charge in [0.2, 0.25) is 11.0 Å². The molecule has 1 aromatic carbocycles. The standard InChI is InChI=1S/C15H15N5OS/c1-10-7-13(20-6-5-16-9-20)4-3-12(10)8-14-18-19-15(22-14)17-11(2)21/h3-7,9H,8H2,1-2H3,(H,17,19,21). The van der Waals surface area contributed by atoms with Gasteiger partial charge in [-0.3, -0.25) is 4.79 Å². The highest BCUT2D eigenvalue weighted by Crippen LogP contribution is 2.21. The van der Waals surface area contributed by atoms with Crippen LogP contribution in [0, 0.1) is 6.92 Å². The zero-order chi connectivity index (χ0) is 15.5. The van der Waals surface area contributed by atoms with Crippen LogP contribution < -0.4 is 5.32 Å². The van der Waals surface area contributed by atoms with Crippen LogP contribution in [0.2, 0.25) is 0 Å². The monoisotopic (exact) mass is 313 g/mol. The molecule has 1 N–H and O–H groups in total. The number of carbonyl (C=O) groups excluding carboxylic acids is 1. The van der Waals surface area contributed by atoms with Crippen molar-refractivity contribution in [3.8, 4) is 5.69 Å². The van der Waals surface area contributed by atoms with Crippen LogP contribution in [0.15, 0.2) is 36.9 Å². The number of imidazole rings is 1. The second kappa shape index (κ2) is 6.07. The number of aromatic nitrogens is 4. The van der Waals surface area contributed by atoms with Crippen molar-refractivity contribution in [2.45, 2.75) is 20.3 Å². The lowest BCUT2D eigenvalue weighted by Crippen LogP contribution is -2.04. The minimum Gasteiger partial charge on any atom is -0.306 e. The molecule has 1 amide bonds. The van der Waals surface area contributed by atoms with E-state index in [1.165, 1.54) is 29.4 Å². The molecule has 0 bridgehead atoms. The molecule has 0 aliphatic heterocycles. The van der Waals surface area contributed by atoms with Crippen molar-refractivity contribution in [1.82, 2.24) is 19.7 Å². The lowest BCUT2D eigenvalue weighted by molar-refractivity contribution is -0.114. The van der Waals surface area contributed by atoms with Crippen molar-refractivity contribution >= 4 is 22.4 Å². The van der Waals surface area contributed by atoms with E-state index in [1.807, 2.05) is 10.8 Å². The Morgan fingerprint density at radius 3 is 2.91 bits per heavy atom. The predicted octanol–water partition coefficient (Wildman–Crippen LogP) is 2.58. The van der Waals surface area contributed by atoms with Gasteiger partial charge in [0.1, 0.15) is 5.01 Å². The van der Waals surface area contributed by atoms with Crippen LogP contribution in [-0.4, -0.2) is 25.7 Å². The average Bonchev–Trinajstić information content (AvgIpc) is 3.12. The number of amides is 1. The van der Waals surface area contributed by atoms with Crippen LogP contribution in [0.25, 0.3) is 5.69 Å². The minimum atomic E-state index is -0.136. The van der Waals surface area contributed by atoms with Gasteiger partial charge in [0.25, 0.3) is 0 Å². The SMILES string of the molecule is CC(=O)Nc1nnc(Cc2ccc(-n3ccnc3)cc2C)s1. The van der Waals surface area contributed by atoms with Gasteiger partial charge in [-0.1, -0.05) is 17.4 Å². The number of anilines is 1. The summed E-state index contributed by atoms with van der Waals surface area (Å²) in [6.07, 6.45) is 6.15. The highest BCUT2D eigenvalue weighted by atomic mass is 32.1. The van der Waals surface area contributed by atoms with Gasteiger partial charge in [-0.05, 0) is 30.2 Å². The molecule has 0 atom stereocenters. The minimum absolute atomic E-state index is 0.136. The molecule has 0 saturated carbocycles. The van der Waals surface area contributed by atoms with Crippen molar-refractivity contribution < 1.29 is 4.79 Å². The van der Waals surface area contributed by atoms with E-state index in [0.717, 1.165) is 10.7 Å². The van der Waals surface area contributed by atoms with Crippen molar-refractivity contribution in [2.24, 2.45) is 0 Å². The topological polar surface area (TPSA) is 72.7 Å². The van der Waals surface area contributed by atoms with Gasteiger partial charge in [0.15, 0.2) is 0 Å². The van der Waals surface area contributed by atoms with Crippen LogP contribution in [0.5, 0.6) is 0 Å². The third-order valence-corrected chi connectivity index (χ3v) is 4.06. The summed E-state index contributed by atoms with van der Waals surface area (Å²) in [7, 11) is 0. The molecule has 22 heavy (non-hydrogen) atoms. The second-order valence-corrected chi connectivity index (χ2v) is 6.00. The quantitative estimate of drug-likeness (QED) is 0.803. The Labute approximate surface area is 131 Å². The Bertz CT molecular complexity index is 794. The first-order valence-corrected chi connectivity index (χ1v) is 7.61. The summed E-state index contributed by atoms with van der Waals surface area (Å²) in [5, 5.41) is 12.1. The number of hydrogen-bond acceptors (Lipinski definition) is 5. The van der Waals surface area contributed by atoms with Gasteiger partial charge in [0.05, 0.1) is 6.33 Å². The maximum atomic E-state index is 11.0. The molecular weight excluding hydrogens is 298 g/mol. The second-order valence-electron chi connectivity index (χ2n) is 4.94. The molecule has 2 heterocycles. The van der Waals surface area contributed by atoms with E-state index in [9.17, 15) is 4.79 Å². The van der Waals surface area contributed by atoms with Gasteiger partial charge >= 0.3 is 0 Å². The van der Waals surface area contributed by atoms with E-state index >= 15 is 0 Å². The van der Waals surface area contributed by atoms with E-state index in [0.29, 0.717) is 11.6 Å². The molecule has 0 fully saturated rings. The Balaban J connectivity index is 1.78. The molecule has 3 rings (SSSR count). The first-order valence-electron chi connectivity index (χ1n) is 6.79. The van der Waals surface area contributed by atoms with Crippen LogP contribution in [0.4, 0.5) is 5.13 Å². The van der Waals surface area contributed by atoms with Gasteiger partial charge < -0.3 is 9.88 Å². The average molecular weight is 313 g/mol. The summed E-state index contributed by atoms with van der Waals surface area (Å²) in [5.41, 5.74) is 3.45. The van der Waals surface area contributed by atoms with Crippen molar-refractivity contribution in [3.63, 3.8) is 0 Å². The highest BCUT2D eigenvalue weighted by Gasteiger charge is 2.08. The third kappa shape index (κ3) is 3.20. The Morgan fingerprint density at radius 2 is 2.23 bits per heavy atom. The molecule has 0 aliphatic carbocycles. The molecule has 6 nitrogen and oxygen atoms in total. The first kappa shape index (κ1) is 14.4. The molecule has 0 spiro atoms. The molecule has 7 heteroatoms. The number of carbonyl (C=O) groups is 1. The highest BCUT2D eigenvalue weighted by molar-refractivity contribution is 7.15.